The predicted octanol–water partition coefficient (Wildman–Crippen LogP) is 1.06. The molecule has 1 saturated heterocycles. The molecule has 3 atom stereocenters. The second-order valence-corrected chi connectivity index (χ2v) is 6.36. The van der Waals surface area contributed by atoms with Crippen molar-refractivity contribution in [3.05, 3.63) is 22.7 Å². The van der Waals surface area contributed by atoms with Crippen molar-refractivity contribution >= 4 is 35.5 Å². The third-order valence-electron chi connectivity index (χ3n) is 3.72. The van der Waals surface area contributed by atoms with Gasteiger partial charge in [0.1, 0.15) is 25.1 Å². The lowest BCUT2D eigenvalue weighted by molar-refractivity contribution is -0.174. The van der Waals surface area contributed by atoms with E-state index in [4.69, 9.17) is 16.3 Å². The van der Waals surface area contributed by atoms with Crippen LogP contribution in [0.5, 0.6) is 0 Å². The number of hydrogen-bond donors (Lipinski definition) is 1. The quantitative estimate of drug-likeness (QED) is 0.365. The van der Waals surface area contributed by atoms with Crippen molar-refractivity contribution in [2.45, 2.75) is 38.2 Å². The highest BCUT2D eigenvalue weighted by Gasteiger charge is 2.62. The van der Waals surface area contributed by atoms with E-state index in [1.807, 2.05) is 0 Å². The summed E-state index contributed by atoms with van der Waals surface area (Å²) in [6.45, 7) is 1.26. The molecule has 0 radical (unpaired) electrons. The number of halogens is 3. The molecule has 2 heterocycles. The van der Waals surface area contributed by atoms with E-state index in [9.17, 15) is 28.0 Å². The number of anilines is 1. The number of aromatic nitrogens is 2. The summed E-state index contributed by atoms with van der Waals surface area (Å²) in [6.07, 6.45) is -5.90. The minimum absolute atomic E-state index is 0.0502. The number of carbonyl (C=O) groups is 3. The van der Waals surface area contributed by atoms with Gasteiger partial charge in [-0.2, -0.15) is 13.8 Å². The van der Waals surface area contributed by atoms with Gasteiger partial charge in [-0.15, -0.1) is 11.6 Å². The number of ether oxygens (including phenoxy) is 4. The second kappa shape index (κ2) is 9.80. The van der Waals surface area contributed by atoms with E-state index in [0.29, 0.717) is 4.57 Å². The molecule has 0 spiro atoms. The van der Waals surface area contributed by atoms with Crippen molar-refractivity contribution < 1.29 is 42.1 Å². The third kappa shape index (κ3) is 5.63. The van der Waals surface area contributed by atoms with E-state index >= 15 is 0 Å². The molecule has 0 bridgehead atoms. The Morgan fingerprint density at radius 2 is 2.00 bits per heavy atom. The fourth-order valence-electron chi connectivity index (χ4n) is 2.56. The Kier molecular flexibility index (Phi) is 7.67. The van der Waals surface area contributed by atoms with Gasteiger partial charge in [-0.1, -0.05) is 0 Å². The van der Waals surface area contributed by atoms with Crippen LogP contribution in [0, 0.1) is 0 Å². The van der Waals surface area contributed by atoms with Crippen LogP contribution in [0.3, 0.4) is 0 Å². The Morgan fingerprint density at radius 1 is 1.30 bits per heavy atom. The number of alkyl halides is 3. The Balaban J connectivity index is 2.26. The maximum Gasteiger partial charge on any atom is 0.412 e. The van der Waals surface area contributed by atoms with Crippen molar-refractivity contribution in [2.75, 3.05) is 24.4 Å². The number of nitrogens with one attached hydrogen (secondary N) is 1. The van der Waals surface area contributed by atoms with Gasteiger partial charge in [-0.05, 0) is 6.07 Å². The number of nitrogens with zero attached hydrogens (tertiary/aromatic N) is 2. The van der Waals surface area contributed by atoms with Gasteiger partial charge in [-0.25, -0.2) is 9.59 Å². The lowest BCUT2D eigenvalue weighted by Gasteiger charge is -2.23. The number of esters is 2. The molecule has 1 aromatic rings. The first-order chi connectivity index (χ1) is 14.1. The average molecular weight is 454 g/mol. The molecule has 0 aliphatic carbocycles. The van der Waals surface area contributed by atoms with E-state index in [-0.39, 0.29) is 18.3 Å². The van der Waals surface area contributed by atoms with Crippen LogP contribution in [0.25, 0.3) is 0 Å². The van der Waals surface area contributed by atoms with Gasteiger partial charge in [0.25, 0.3) is 0 Å². The monoisotopic (exact) mass is 453 g/mol. The molecular weight excluding hydrogens is 436 g/mol. The maximum absolute atomic E-state index is 14.9. The van der Waals surface area contributed by atoms with Gasteiger partial charge < -0.3 is 18.9 Å². The summed E-state index contributed by atoms with van der Waals surface area (Å²) in [4.78, 5) is 49.4. The molecule has 1 aliphatic rings. The van der Waals surface area contributed by atoms with E-state index in [1.165, 1.54) is 0 Å². The van der Waals surface area contributed by atoms with Gasteiger partial charge in [0.05, 0.1) is 5.88 Å². The zero-order valence-electron chi connectivity index (χ0n) is 15.8. The Labute approximate surface area is 173 Å². The standard InChI is InChI=1S/C16H18ClF2N3O8/c1-8(23)28-7-10-12(29-9(2)24)16(18,19)13(30-10)22-5-3-11(20-14(22)25)21-15(26)27-6-4-17/h3,5,10,12-13H,4,6-7H2,1-2H3,(H,20,21,25,26). The van der Waals surface area contributed by atoms with Crippen LogP contribution in [0.2, 0.25) is 0 Å². The molecule has 0 aromatic carbocycles. The third-order valence-corrected chi connectivity index (χ3v) is 3.87. The normalized spacial score (nSPS) is 22.2. The molecule has 1 aliphatic heterocycles. The fourth-order valence-corrected chi connectivity index (χ4v) is 2.64. The minimum atomic E-state index is -3.86. The molecule has 14 heteroatoms. The molecule has 11 nitrogen and oxygen atoms in total. The number of carbonyl (C=O) groups excluding carboxylic acids is 3. The van der Waals surface area contributed by atoms with Crippen LogP contribution < -0.4 is 11.0 Å². The highest BCUT2D eigenvalue weighted by atomic mass is 35.5. The molecule has 1 aromatic heterocycles. The summed E-state index contributed by atoms with van der Waals surface area (Å²) in [5.74, 6) is -5.85. The summed E-state index contributed by atoms with van der Waals surface area (Å²) in [7, 11) is 0. The highest BCUT2D eigenvalue weighted by Crippen LogP contribution is 2.44. The van der Waals surface area contributed by atoms with Crippen LogP contribution in [-0.4, -0.2) is 64.8 Å². The number of rotatable bonds is 7. The Bertz CT molecular complexity index is 865. The summed E-state index contributed by atoms with van der Waals surface area (Å²) < 4.78 is 49.4. The largest absolute Gasteiger partial charge is 0.463 e. The Morgan fingerprint density at radius 3 is 2.57 bits per heavy atom. The van der Waals surface area contributed by atoms with E-state index in [1.54, 1.807) is 0 Å². The van der Waals surface area contributed by atoms with Crippen LogP contribution in [0.4, 0.5) is 19.4 Å². The lowest BCUT2D eigenvalue weighted by atomic mass is 10.1. The van der Waals surface area contributed by atoms with Gasteiger partial charge in [0, 0.05) is 20.0 Å². The van der Waals surface area contributed by atoms with Crippen molar-refractivity contribution in [3.63, 3.8) is 0 Å². The molecule has 3 unspecified atom stereocenters. The molecule has 166 valence electrons. The molecule has 1 fully saturated rings. The molecule has 2 rings (SSSR count). The summed E-state index contributed by atoms with van der Waals surface area (Å²) >= 11 is 5.37. The van der Waals surface area contributed by atoms with Gasteiger partial charge in [-0.3, -0.25) is 19.5 Å². The van der Waals surface area contributed by atoms with Crippen molar-refractivity contribution in [3.8, 4) is 0 Å². The van der Waals surface area contributed by atoms with Crippen molar-refractivity contribution in [2.24, 2.45) is 0 Å². The summed E-state index contributed by atoms with van der Waals surface area (Å²) in [5, 5.41) is 2.13. The summed E-state index contributed by atoms with van der Waals surface area (Å²) in [5.41, 5.74) is -1.19. The van der Waals surface area contributed by atoms with Gasteiger partial charge >= 0.3 is 29.6 Å². The van der Waals surface area contributed by atoms with Crippen LogP contribution in [0.1, 0.15) is 20.1 Å². The Hall–Kier alpha value is -2.80. The topological polar surface area (TPSA) is 135 Å². The van der Waals surface area contributed by atoms with Crippen LogP contribution >= 0.6 is 11.6 Å². The van der Waals surface area contributed by atoms with Crippen LogP contribution in [-0.2, 0) is 28.5 Å². The van der Waals surface area contributed by atoms with E-state index in [2.05, 4.69) is 24.5 Å². The number of hydrogen-bond acceptors (Lipinski definition) is 9. The van der Waals surface area contributed by atoms with Gasteiger partial charge in [0.2, 0.25) is 6.23 Å². The first-order valence-corrected chi connectivity index (χ1v) is 9.02. The predicted molar refractivity (Wildman–Crippen MR) is 95.2 cm³/mol. The second-order valence-electron chi connectivity index (χ2n) is 5.99. The smallest absolute Gasteiger partial charge is 0.412 e. The van der Waals surface area contributed by atoms with Crippen molar-refractivity contribution in [1.82, 2.24) is 9.55 Å². The lowest BCUT2D eigenvalue weighted by Crippen LogP contribution is -2.44. The van der Waals surface area contributed by atoms with Gasteiger partial charge in [0.15, 0.2) is 6.10 Å². The average Bonchev–Trinajstić information content (AvgIpc) is 2.88. The summed E-state index contributed by atoms with van der Waals surface area (Å²) in [6, 6.07) is 1.06. The van der Waals surface area contributed by atoms with Crippen molar-refractivity contribution in [1.29, 1.82) is 0 Å². The van der Waals surface area contributed by atoms with E-state index < -0.39 is 54.7 Å². The van der Waals surface area contributed by atoms with Crippen LogP contribution in [0.15, 0.2) is 17.1 Å². The SMILES string of the molecule is CC(=O)OCC1OC(n2ccc(NC(=O)OCCCl)nc2=O)C(F)(F)C1OC(C)=O. The molecule has 1 N–H and O–H groups in total. The first-order valence-electron chi connectivity index (χ1n) is 8.49. The molecule has 1 amide bonds. The first kappa shape index (κ1) is 23.5. The highest BCUT2D eigenvalue weighted by molar-refractivity contribution is 6.18. The molecule has 30 heavy (non-hydrogen) atoms. The number of amides is 1. The molecular formula is C16H18ClF2N3O8. The zero-order valence-corrected chi connectivity index (χ0v) is 16.6. The van der Waals surface area contributed by atoms with E-state index in [0.717, 1.165) is 26.1 Å². The molecule has 0 saturated carbocycles. The minimum Gasteiger partial charge on any atom is -0.463 e. The maximum atomic E-state index is 14.9. The fraction of sp³-hybridized carbons (Fsp3) is 0.562. The zero-order chi connectivity index (χ0) is 22.5.